The fourth-order valence-electron chi connectivity index (χ4n) is 2.29. The fraction of sp³-hybridized carbons (Fsp3) is 0.412. The number of benzene rings is 1. The van der Waals surface area contributed by atoms with Crippen LogP contribution >= 0.6 is 0 Å². The molecule has 1 amide bonds. The number of nitrogens with zero attached hydrogens (tertiary/aromatic N) is 2. The van der Waals surface area contributed by atoms with Gasteiger partial charge in [-0.05, 0) is 25.3 Å². The van der Waals surface area contributed by atoms with E-state index in [-0.39, 0.29) is 17.2 Å². The molecule has 0 spiro atoms. The Balaban J connectivity index is 2.00. The number of aryl methyl sites for hydroxylation is 2. The van der Waals surface area contributed by atoms with Gasteiger partial charge < -0.3 is 10.3 Å². The van der Waals surface area contributed by atoms with Crippen molar-refractivity contribution >= 4 is 5.91 Å². The minimum absolute atomic E-state index is 0.0886. The zero-order valence-corrected chi connectivity index (χ0v) is 13.5. The molecule has 0 bridgehead atoms. The van der Waals surface area contributed by atoms with Crippen molar-refractivity contribution in [3.05, 3.63) is 57.8 Å². The number of H-pyrrole nitrogens is 1. The van der Waals surface area contributed by atoms with E-state index in [1.54, 1.807) is 6.92 Å². The number of rotatable bonds is 7. The second-order valence-electron chi connectivity index (χ2n) is 5.51. The minimum Gasteiger partial charge on any atom is -0.348 e. The maximum Gasteiger partial charge on any atom is 0.275 e. The zero-order chi connectivity index (χ0) is 16.7. The van der Waals surface area contributed by atoms with Gasteiger partial charge in [0.1, 0.15) is 11.5 Å². The van der Waals surface area contributed by atoms with Crippen LogP contribution in [0.4, 0.5) is 0 Å². The van der Waals surface area contributed by atoms with Gasteiger partial charge in [0, 0.05) is 12.8 Å². The summed E-state index contributed by atoms with van der Waals surface area (Å²) in [5.74, 6) is 0.462. The molecule has 0 fully saturated rings. The van der Waals surface area contributed by atoms with Crippen molar-refractivity contribution in [1.29, 1.82) is 0 Å². The summed E-state index contributed by atoms with van der Waals surface area (Å²) in [5.41, 5.74) is 1.12. The third kappa shape index (κ3) is 5.02. The van der Waals surface area contributed by atoms with E-state index in [1.165, 1.54) is 5.56 Å². The third-order valence-corrected chi connectivity index (χ3v) is 3.53. The lowest BCUT2D eigenvalue weighted by Crippen LogP contribution is -2.32. The van der Waals surface area contributed by atoms with Gasteiger partial charge in [-0.1, -0.05) is 37.3 Å². The lowest BCUT2D eigenvalue weighted by Gasteiger charge is -2.12. The molecular weight excluding hydrogens is 292 g/mol. The number of carbonyl (C=O) groups excluding carboxylic acids is 1. The number of nitrogens with one attached hydrogen (secondary N) is 2. The predicted octanol–water partition coefficient (Wildman–Crippen LogP) is 1.93. The van der Waals surface area contributed by atoms with Gasteiger partial charge in [0.2, 0.25) is 5.91 Å². The van der Waals surface area contributed by atoms with Gasteiger partial charge in [-0.25, -0.2) is 0 Å². The molecule has 0 aliphatic rings. The zero-order valence-electron chi connectivity index (χ0n) is 13.5. The number of hydrogen-bond acceptors (Lipinski definition) is 4. The highest BCUT2D eigenvalue weighted by Gasteiger charge is 2.15. The number of amides is 1. The average molecular weight is 314 g/mol. The van der Waals surface area contributed by atoms with Gasteiger partial charge >= 0.3 is 0 Å². The number of aromatic nitrogens is 3. The normalized spacial score (nSPS) is 11.9. The molecule has 2 aromatic rings. The van der Waals surface area contributed by atoms with E-state index in [1.807, 2.05) is 37.3 Å². The average Bonchev–Trinajstić information content (AvgIpc) is 2.54. The second kappa shape index (κ2) is 8.22. The topological polar surface area (TPSA) is 87.7 Å². The smallest absolute Gasteiger partial charge is 0.275 e. The predicted molar refractivity (Wildman–Crippen MR) is 88.0 cm³/mol. The molecule has 23 heavy (non-hydrogen) atoms. The highest BCUT2D eigenvalue weighted by atomic mass is 16.2. The van der Waals surface area contributed by atoms with Gasteiger partial charge in [0.15, 0.2) is 0 Å². The van der Waals surface area contributed by atoms with Gasteiger partial charge in [-0.15, -0.1) is 10.2 Å². The summed E-state index contributed by atoms with van der Waals surface area (Å²) in [5, 5.41) is 10.8. The molecule has 1 unspecified atom stereocenters. The molecule has 0 aliphatic heterocycles. The first-order chi connectivity index (χ1) is 11.1. The summed E-state index contributed by atoms with van der Waals surface area (Å²) in [4.78, 5) is 26.5. The van der Waals surface area contributed by atoms with E-state index >= 15 is 0 Å². The van der Waals surface area contributed by atoms with Crippen LogP contribution < -0.4 is 10.9 Å². The van der Waals surface area contributed by atoms with Crippen molar-refractivity contribution in [1.82, 2.24) is 20.5 Å². The largest absolute Gasteiger partial charge is 0.348 e. The van der Waals surface area contributed by atoms with Crippen molar-refractivity contribution in [3.8, 4) is 0 Å². The minimum atomic E-state index is -0.450. The van der Waals surface area contributed by atoms with E-state index < -0.39 is 6.04 Å². The molecular formula is C17H22N4O2. The molecule has 1 heterocycles. The third-order valence-electron chi connectivity index (χ3n) is 3.53. The Labute approximate surface area is 135 Å². The van der Waals surface area contributed by atoms with Crippen LogP contribution in [0.3, 0.4) is 0 Å². The lowest BCUT2D eigenvalue weighted by molar-refractivity contribution is -0.121. The first-order valence-electron chi connectivity index (χ1n) is 7.89. The molecule has 0 radical (unpaired) electrons. The van der Waals surface area contributed by atoms with Crippen LogP contribution in [-0.2, 0) is 17.6 Å². The SMILES string of the molecule is CCCC(=O)NC(C)c1nnc(CCc2ccccc2)[nH]c1=O. The fourth-order valence-corrected chi connectivity index (χ4v) is 2.29. The Kier molecular flexibility index (Phi) is 6.02. The van der Waals surface area contributed by atoms with Crippen molar-refractivity contribution in [3.63, 3.8) is 0 Å². The first kappa shape index (κ1) is 16.9. The maximum atomic E-state index is 12.1. The summed E-state index contributed by atoms with van der Waals surface area (Å²) < 4.78 is 0. The monoisotopic (exact) mass is 314 g/mol. The number of carbonyl (C=O) groups is 1. The summed E-state index contributed by atoms with van der Waals surface area (Å²) in [6, 6.07) is 9.54. The second-order valence-corrected chi connectivity index (χ2v) is 5.51. The van der Waals surface area contributed by atoms with E-state index in [0.29, 0.717) is 18.7 Å². The number of aromatic amines is 1. The van der Waals surface area contributed by atoms with Crippen LogP contribution in [0.5, 0.6) is 0 Å². The van der Waals surface area contributed by atoms with Crippen LogP contribution in [-0.4, -0.2) is 21.1 Å². The van der Waals surface area contributed by atoms with Crippen LogP contribution in [0.1, 0.15) is 49.8 Å². The standard InChI is InChI=1S/C17H22N4O2/c1-3-7-15(22)18-12(2)16-17(23)19-14(20-21-16)11-10-13-8-5-4-6-9-13/h4-6,8-9,12H,3,7,10-11H2,1-2H3,(H,18,22)(H,19,20,23). The highest BCUT2D eigenvalue weighted by Crippen LogP contribution is 2.05. The molecule has 0 saturated heterocycles. The van der Waals surface area contributed by atoms with Gasteiger partial charge in [0.05, 0.1) is 6.04 Å². The molecule has 1 aromatic carbocycles. The van der Waals surface area contributed by atoms with E-state index in [9.17, 15) is 9.59 Å². The van der Waals surface area contributed by atoms with Gasteiger partial charge in [-0.3, -0.25) is 9.59 Å². The molecule has 1 atom stereocenters. The molecule has 0 saturated carbocycles. The van der Waals surface area contributed by atoms with E-state index in [2.05, 4.69) is 20.5 Å². The van der Waals surface area contributed by atoms with E-state index in [4.69, 9.17) is 0 Å². The summed E-state index contributed by atoms with van der Waals surface area (Å²) in [6.45, 7) is 3.66. The maximum absolute atomic E-state index is 12.1. The van der Waals surface area contributed by atoms with Crippen LogP contribution in [0.2, 0.25) is 0 Å². The Hall–Kier alpha value is -2.50. The molecule has 6 heteroatoms. The Bertz CT molecular complexity index is 697. The first-order valence-corrected chi connectivity index (χ1v) is 7.89. The molecule has 2 rings (SSSR count). The quantitative estimate of drug-likeness (QED) is 0.817. The summed E-state index contributed by atoms with van der Waals surface area (Å²) in [6.07, 6.45) is 2.60. The van der Waals surface area contributed by atoms with Crippen LogP contribution in [0.15, 0.2) is 35.1 Å². The van der Waals surface area contributed by atoms with Crippen molar-refractivity contribution in [2.24, 2.45) is 0 Å². The Morgan fingerprint density at radius 3 is 2.61 bits per heavy atom. The van der Waals surface area contributed by atoms with Crippen molar-refractivity contribution < 1.29 is 4.79 Å². The van der Waals surface area contributed by atoms with Crippen molar-refractivity contribution in [2.45, 2.75) is 45.6 Å². The number of hydrogen-bond donors (Lipinski definition) is 2. The molecule has 6 nitrogen and oxygen atoms in total. The Morgan fingerprint density at radius 2 is 1.96 bits per heavy atom. The highest BCUT2D eigenvalue weighted by molar-refractivity contribution is 5.76. The molecule has 2 N–H and O–H groups in total. The Morgan fingerprint density at radius 1 is 1.22 bits per heavy atom. The molecule has 122 valence electrons. The van der Waals surface area contributed by atoms with E-state index in [0.717, 1.165) is 12.8 Å². The molecule has 0 aliphatic carbocycles. The van der Waals surface area contributed by atoms with Crippen LogP contribution in [0, 0.1) is 0 Å². The van der Waals surface area contributed by atoms with Gasteiger partial charge in [0.25, 0.3) is 5.56 Å². The van der Waals surface area contributed by atoms with Crippen LogP contribution in [0.25, 0.3) is 0 Å². The lowest BCUT2D eigenvalue weighted by atomic mass is 10.1. The summed E-state index contributed by atoms with van der Waals surface area (Å²) >= 11 is 0. The van der Waals surface area contributed by atoms with Gasteiger partial charge in [-0.2, -0.15) is 0 Å². The molecule has 1 aromatic heterocycles. The van der Waals surface area contributed by atoms with Crippen molar-refractivity contribution in [2.75, 3.05) is 0 Å². The summed E-state index contributed by atoms with van der Waals surface area (Å²) in [7, 11) is 0.